The highest BCUT2D eigenvalue weighted by atomic mass is 32.2. The lowest BCUT2D eigenvalue weighted by Crippen LogP contribution is -1.98. The first-order valence-electron chi connectivity index (χ1n) is 9.65. The molecule has 1 aliphatic rings. The van der Waals surface area contributed by atoms with Gasteiger partial charge in [-0.15, -0.1) is 0 Å². The number of allylic oxidation sites excluding steroid dienone is 1. The van der Waals surface area contributed by atoms with Crippen molar-refractivity contribution in [2.75, 3.05) is 13.4 Å². The summed E-state index contributed by atoms with van der Waals surface area (Å²) in [5, 5.41) is 0. The summed E-state index contributed by atoms with van der Waals surface area (Å²) in [5.41, 5.74) is 2.65. The van der Waals surface area contributed by atoms with E-state index in [1.807, 2.05) is 12.1 Å². The van der Waals surface area contributed by atoms with E-state index < -0.39 is 21.6 Å². The van der Waals surface area contributed by atoms with E-state index in [0.717, 1.165) is 11.8 Å². The first kappa shape index (κ1) is 21.5. The zero-order valence-corrected chi connectivity index (χ0v) is 18.1. The van der Waals surface area contributed by atoms with Crippen LogP contribution < -0.4 is 4.74 Å². The van der Waals surface area contributed by atoms with Crippen LogP contribution in [0.3, 0.4) is 0 Å². The van der Waals surface area contributed by atoms with Gasteiger partial charge in [0.15, 0.2) is 9.84 Å². The van der Waals surface area contributed by atoms with Crippen LogP contribution in [0.1, 0.15) is 16.7 Å². The highest BCUT2D eigenvalue weighted by molar-refractivity contribution is 7.90. The predicted molar refractivity (Wildman–Crippen MR) is 120 cm³/mol. The monoisotopic (exact) mass is 450 g/mol. The highest BCUT2D eigenvalue weighted by Crippen LogP contribution is 2.41. The molecule has 32 heavy (non-hydrogen) atoms. The van der Waals surface area contributed by atoms with Crippen LogP contribution in [0.2, 0.25) is 0 Å². The van der Waals surface area contributed by atoms with Gasteiger partial charge in [0.1, 0.15) is 17.3 Å². The second-order valence-corrected chi connectivity index (χ2v) is 9.24. The van der Waals surface area contributed by atoms with Crippen LogP contribution >= 0.6 is 0 Å². The van der Waals surface area contributed by atoms with Crippen LogP contribution in [-0.2, 0) is 19.4 Å². The molecule has 1 aliphatic heterocycles. The van der Waals surface area contributed by atoms with E-state index in [2.05, 4.69) is 0 Å². The minimum Gasteiger partial charge on any atom is -0.497 e. The largest absolute Gasteiger partial charge is 0.497 e. The first-order chi connectivity index (χ1) is 15.3. The zero-order chi connectivity index (χ0) is 22.9. The van der Waals surface area contributed by atoms with Crippen LogP contribution in [0, 0.1) is 5.82 Å². The van der Waals surface area contributed by atoms with Crippen molar-refractivity contribution in [3.05, 3.63) is 101 Å². The Kier molecular flexibility index (Phi) is 5.67. The van der Waals surface area contributed by atoms with Gasteiger partial charge < -0.3 is 9.47 Å². The van der Waals surface area contributed by atoms with Gasteiger partial charge in [-0.05, 0) is 59.2 Å². The summed E-state index contributed by atoms with van der Waals surface area (Å²) in [7, 11) is -1.80. The van der Waals surface area contributed by atoms with E-state index in [1.54, 1.807) is 37.5 Å². The standard InChI is InChI=1S/C25H19FO5S/c1-30-20-11-3-16(4-12-20)15-22-23(17-7-13-21(14-8-17)32(2,28)29)24(25(27)31-22)18-5-9-19(26)10-6-18/h3-15H,1-2H3/b22-15-. The Morgan fingerprint density at radius 3 is 1.97 bits per heavy atom. The van der Waals surface area contributed by atoms with Crippen LogP contribution in [0.5, 0.6) is 5.75 Å². The Labute approximate surface area is 185 Å². The lowest BCUT2D eigenvalue weighted by Gasteiger charge is -2.08. The fourth-order valence-corrected chi connectivity index (χ4v) is 4.04. The van der Waals surface area contributed by atoms with Gasteiger partial charge in [-0.25, -0.2) is 17.6 Å². The molecule has 0 radical (unpaired) electrons. The van der Waals surface area contributed by atoms with E-state index in [0.29, 0.717) is 28.2 Å². The number of hydrogen-bond donors (Lipinski definition) is 0. The van der Waals surface area contributed by atoms with Gasteiger partial charge in [0.2, 0.25) is 0 Å². The molecule has 0 aromatic heterocycles. The topological polar surface area (TPSA) is 69.7 Å². The number of esters is 1. The Bertz CT molecular complexity index is 1330. The summed E-state index contributed by atoms with van der Waals surface area (Å²) in [6.45, 7) is 0. The Hall–Kier alpha value is -3.71. The summed E-state index contributed by atoms with van der Waals surface area (Å²) >= 11 is 0. The molecule has 1 heterocycles. The van der Waals surface area contributed by atoms with Crippen molar-refractivity contribution in [2.24, 2.45) is 0 Å². The van der Waals surface area contributed by atoms with Crippen molar-refractivity contribution in [2.45, 2.75) is 4.90 Å². The molecule has 0 saturated heterocycles. The molecule has 4 rings (SSSR count). The summed E-state index contributed by atoms with van der Waals surface area (Å²) in [4.78, 5) is 13.0. The van der Waals surface area contributed by atoms with Crippen LogP contribution in [0.15, 0.2) is 83.5 Å². The Balaban J connectivity index is 1.89. The molecule has 0 bridgehead atoms. The van der Waals surface area contributed by atoms with Gasteiger partial charge >= 0.3 is 5.97 Å². The smallest absolute Gasteiger partial charge is 0.344 e. The molecule has 0 aliphatic carbocycles. The number of rotatable bonds is 5. The summed E-state index contributed by atoms with van der Waals surface area (Å²) in [6.07, 6.45) is 2.84. The van der Waals surface area contributed by atoms with Crippen molar-refractivity contribution in [3.63, 3.8) is 0 Å². The molecule has 162 valence electrons. The zero-order valence-electron chi connectivity index (χ0n) is 17.3. The molecular weight excluding hydrogens is 431 g/mol. The molecule has 0 spiro atoms. The highest BCUT2D eigenvalue weighted by Gasteiger charge is 2.32. The fraction of sp³-hybridized carbons (Fsp3) is 0.0800. The molecule has 0 fully saturated rings. The maximum Gasteiger partial charge on any atom is 0.344 e. The molecule has 3 aromatic rings. The predicted octanol–water partition coefficient (Wildman–Crippen LogP) is 4.75. The third-order valence-electron chi connectivity index (χ3n) is 5.02. The molecule has 0 saturated carbocycles. The molecule has 0 amide bonds. The Morgan fingerprint density at radius 1 is 0.844 bits per heavy atom. The van der Waals surface area contributed by atoms with Crippen molar-refractivity contribution < 1.29 is 27.1 Å². The normalized spacial score (nSPS) is 15.2. The van der Waals surface area contributed by atoms with Gasteiger partial charge in [-0.3, -0.25) is 0 Å². The Morgan fingerprint density at radius 2 is 1.41 bits per heavy atom. The average molecular weight is 450 g/mol. The van der Waals surface area contributed by atoms with Gasteiger partial charge in [0.05, 0.1) is 17.6 Å². The van der Waals surface area contributed by atoms with Gasteiger partial charge in [0.25, 0.3) is 0 Å². The van der Waals surface area contributed by atoms with Crippen LogP contribution in [0.4, 0.5) is 4.39 Å². The van der Waals surface area contributed by atoms with E-state index >= 15 is 0 Å². The van der Waals surface area contributed by atoms with Crippen molar-refractivity contribution >= 4 is 33.0 Å². The summed E-state index contributed by atoms with van der Waals surface area (Å²) in [6, 6.07) is 19.0. The molecule has 7 heteroatoms. The van der Waals surface area contributed by atoms with Gasteiger partial charge in [-0.1, -0.05) is 36.4 Å². The van der Waals surface area contributed by atoms with E-state index in [-0.39, 0.29) is 10.5 Å². The third kappa shape index (κ3) is 4.33. The lowest BCUT2D eigenvalue weighted by atomic mass is 9.94. The number of ether oxygens (including phenoxy) is 2. The minimum atomic E-state index is -3.38. The van der Waals surface area contributed by atoms with Crippen LogP contribution in [-0.4, -0.2) is 27.8 Å². The van der Waals surface area contributed by atoms with Crippen molar-refractivity contribution in [1.82, 2.24) is 0 Å². The molecule has 0 unspecified atom stereocenters. The molecule has 3 aromatic carbocycles. The van der Waals surface area contributed by atoms with Gasteiger partial charge in [0, 0.05) is 11.8 Å². The average Bonchev–Trinajstić information content (AvgIpc) is 3.10. The number of carbonyl (C=O) groups excluding carboxylic acids is 1. The van der Waals surface area contributed by atoms with Crippen molar-refractivity contribution in [3.8, 4) is 5.75 Å². The number of cyclic esters (lactones) is 1. The SMILES string of the molecule is COc1ccc(/C=C2\OC(=O)C(c3ccc(F)cc3)=C2c2ccc(S(C)(=O)=O)cc2)cc1. The molecule has 0 atom stereocenters. The van der Waals surface area contributed by atoms with E-state index in [9.17, 15) is 17.6 Å². The number of methoxy groups -OCH3 is 1. The van der Waals surface area contributed by atoms with E-state index in [1.165, 1.54) is 36.4 Å². The quantitative estimate of drug-likeness (QED) is 0.525. The summed E-state index contributed by atoms with van der Waals surface area (Å²) < 4.78 is 47.9. The maximum absolute atomic E-state index is 13.5. The molecule has 5 nitrogen and oxygen atoms in total. The van der Waals surface area contributed by atoms with Crippen molar-refractivity contribution in [1.29, 1.82) is 0 Å². The number of hydrogen-bond acceptors (Lipinski definition) is 5. The van der Waals surface area contributed by atoms with E-state index in [4.69, 9.17) is 9.47 Å². The third-order valence-corrected chi connectivity index (χ3v) is 6.15. The van der Waals surface area contributed by atoms with Gasteiger partial charge in [-0.2, -0.15) is 0 Å². The molecular formula is C25H19FO5S. The summed E-state index contributed by atoms with van der Waals surface area (Å²) in [5.74, 6) is 0.00798. The minimum absolute atomic E-state index is 0.163. The molecule has 0 N–H and O–H groups in total. The second kappa shape index (κ2) is 8.43. The fourth-order valence-electron chi connectivity index (χ4n) is 3.41. The first-order valence-corrected chi connectivity index (χ1v) is 11.5. The number of carbonyl (C=O) groups is 1. The number of halogens is 1. The van der Waals surface area contributed by atoms with Crippen LogP contribution in [0.25, 0.3) is 17.2 Å². The maximum atomic E-state index is 13.5. The number of sulfone groups is 1. The number of benzene rings is 3. The second-order valence-electron chi connectivity index (χ2n) is 7.22. The lowest BCUT2D eigenvalue weighted by molar-refractivity contribution is -0.131.